The summed E-state index contributed by atoms with van der Waals surface area (Å²) >= 11 is 0. The predicted octanol–water partition coefficient (Wildman–Crippen LogP) is 2.74. The highest BCUT2D eigenvalue weighted by Gasteiger charge is 2.34. The van der Waals surface area contributed by atoms with Crippen molar-refractivity contribution in [1.82, 2.24) is 10.3 Å². The van der Waals surface area contributed by atoms with Gasteiger partial charge >= 0.3 is 0 Å². The molecule has 98 valence electrons. The van der Waals surface area contributed by atoms with E-state index in [4.69, 9.17) is 0 Å². The number of anilines is 1. The minimum Gasteiger partial charge on any atom is -0.353 e. The SMILES string of the molecule is CNC(C)c1ccnc(N(CC2CC2)C2CC2)c1. The van der Waals surface area contributed by atoms with Gasteiger partial charge in [-0.15, -0.1) is 0 Å². The summed E-state index contributed by atoms with van der Waals surface area (Å²) < 4.78 is 0. The maximum Gasteiger partial charge on any atom is 0.129 e. The molecule has 3 nitrogen and oxygen atoms in total. The van der Waals surface area contributed by atoms with Crippen molar-refractivity contribution in [2.24, 2.45) is 5.92 Å². The van der Waals surface area contributed by atoms with Crippen molar-refractivity contribution in [3.63, 3.8) is 0 Å². The van der Waals surface area contributed by atoms with E-state index in [0.717, 1.165) is 12.0 Å². The van der Waals surface area contributed by atoms with Gasteiger partial charge in [-0.1, -0.05) is 0 Å². The molecule has 3 heteroatoms. The quantitative estimate of drug-likeness (QED) is 0.835. The third kappa shape index (κ3) is 2.66. The van der Waals surface area contributed by atoms with Gasteiger partial charge in [0, 0.05) is 24.8 Å². The van der Waals surface area contributed by atoms with Gasteiger partial charge in [-0.3, -0.25) is 0 Å². The first-order chi connectivity index (χ1) is 8.78. The summed E-state index contributed by atoms with van der Waals surface area (Å²) in [7, 11) is 2.01. The van der Waals surface area contributed by atoms with E-state index in [9.17, 15) is 0 Å². The zero-order valence-electron chi connectivity index (χ0n) is 11.4. The van der Waals surface area contributed by atoms with E-state index < -0.39 is 0 Å². The van der Waals surface area contributed by atoms with Crippen LogP contribution in [0.15, 0.2) is 18.3 Å². The highest BCUT2D eigenvalue weighted by molar-refractivity contribution is 5.44. The number of pyridine rings is 1. The molecular formula is C15H23N3. The van der Waals surface area contributed by atoms with Crippen LogP contribution in [0, 0.1) is 5.92 Å². The molecule has 2 aliphatic carbocycles. The fraction of sp³-hybridized carbons (Fsp3) is 0.667. The van der Waals surface area contributed by atoms with Gasteiger partial charge in [0.1, 0.15) is 5.82 Å². The Kier molecular flexibility index (Phi) is 3.25. The second-order valence-corrected chi connectivity index (χ2v) is 5.78. The van der Waals surface area contributed by atoms with Gasteiger partial charge in [0.05, 0.1) is 0 Å². The van der Waals surface area contributed by atoms with Crippen LogP contribution in [-0.4, -0.2) is 24.6 Å². The first-order valence-electron chi connectivity index (χ1n) is 7.18. The Balaban J connectivity index is 1.79. The molecule has 0 bridgehead atoms. The third-order valence-electron chi connectivity index (χ3n) is 4.14. The summed E-state index contributed by atoms with van der Waals surface area (Å²) in [5, 5.41) is 3.30. The summed E-state index contributed by atoms with van der Waals surface area (Å²) in [5.74, 6) is 2.11. The van der Waals surface area contributed by atoms with E-state index in [-0.39, 0.29) is 0 Å². The molecule has 18 heavy (non-hydrogen) atoms. The van der Waals surface area contributed by atoms with E-state index in [1.54, 1.807) is 0 Å². The molecule has 1 heterocycles. The molecule has 1 aromatic rings. The molecule has 0 amide bonds. The number of hydrogen-bond donors (Lipinski definition) is 1. The zero-order chi connectivity index (χ0) is 12.5. The molecule has 2 saturated carbocycles. The van der Waals surface area contributed by atoms with Gasteiger partial charge in [-0.25, -0.2) is 4.98 Å². The molecule has 2 aliphatic rings. The van der Waals surface area contributed by atoms with Crippen LogP contribution >= 0.6 is 0 Å². The van der Waals surface area contributed by atoms with Crippen molar-refractivity contribution in [2.75, 3.05) is 18.5 Å². The van der Waals surface area contributed by atoms with Gasteiger partial charge in [0.25, 0.3) is 0 Å². The summed E-state index contributed by atoms with van der Waals surface area (Å²) in [6.07, 6.45) is 7.48. The van der Waals surface area contributed by atoms with Crippen molar-refractivity contribution in [3.05, 3.63) is 23.9 Å². The molecule has 1 aromatic heterocycles. The highest BCUT2D eigenvalue weighted by atomic mass is 15.2. The van der Waals surface area contributed by atoms with Crippen LogP contribution in [0.1, 0.15) is 44.2 Å². The molecule has 2 fully saturated rings. The predicted molar refractivity (Wildman–Crippen MR) is 74.8 cm³/mol. The van der Waals surface area contributed by atoms with Crippen LogP contribution in [0.2, 0.25) is 0 Å². The molecule has 0 radical (unpaired) electrons. The van der Waals surface area contributed by atoms with E-state index in [0.29, 0.717) is 6.04 Å². The lowest BCUT2D eigenvalue weighted by Crippen LogP contribution is -2.29. The van der Waals surface area contributed by atoms with Gasteiger partial charge in [-0.05, 0) is 63.3 Å². The molecule has 1 atom stereocenters. The zero-order valence-corrected chi connectivity index (χ0v) is 11.4. The lowest BCUT2D eigenvalue weighted by Gasteiger charge is -2.24. The van der Waals surface area contributed by atoms with Crippen LogP contribution in [0.3, 0.4) is 0 Å². The van der Waals surface area contributed by atoms with E-state index in [1.165, 1.54) is 43.6 Å². The fourth-order valence-electron chi connectivity index (χ4n) is 2.42. The van der Waals surface area contributed by atoms with E-state index >= 15 is 0 Å². The lowest BCUT2D eigenvalue weighted by molar-refractivity contribution is 0.648. The van der Waals surface area contributed by atoms with Crippen molar-refractivity contribution in [1.29, 1.82) is 0 Å². The minimum absolute atomic E-state index is 0.397. The number of nitrogens with one attached hydrogen (secondary N) is 1. The average Bonchev–Trinajstić information content (AvgIpc) is 3.28. The standard InChI is InChI=1S/C15H23N3/c1-11(16-2)13-7-8-17-15(9-13)18(14-5-6-14)10-12-3-4-12/h7-9,11-12,14,16H,3-6,10H2,1-2H3. The second-order valence-electron chi connectivity index (χ2n) is 5.78. The van der Waals surface area contributed by atoms with E-state index in [1.807, 2.05) is 13.2 Å². The lowest BCUT2D eigenvalue weighted by atomic mass is 10.1. The van der Waals surface area contributed by atoms with Crippen molar-refractivity contribution >= 4 is 5.82 Å². The molecular weight excluding hydrogens is 222 g/mol. The van der Waals surface area contributed by atoms with Crippen LogP contribution < -0.4 is 10.2 Å². The summed E-state index contributed by atoms with van der Waals surface area (Å²) in [4.78, 5) is 7.14. The van der Waals surface area contributed by atoms with Crippen molar-refractivity contribution in [3.8, 4) is 0 Å². The maximum atomic E-state index is 4.60. The minimum atomic E-state index is 0.397. The fourth-order valence-corrected chi connectivity index (χ4v) is 2.42. The third-order valence-corrected chi connectivity index (χ3v) is 4.14. The monoisotopic (exact) mass is 245 g/mol. The Labute approximate surface area is 110 Å². The Morgan fingerprint density at radius 1 is 1.39 bits per heavy atom. The van der Waals surface area contributed by atoms with Crippen LogP contribution in [0.5, 0.6) is 0 Å². The first kappa shape index (κ1) is 12.0. The van der Waals surface area contributed by atoms with Crippen LogP contribution in [0.25, 0.3) is 0 Å². The second kappa shape index (κ2) is 4.88. The molecule has 1 N–H and O–H groups in total. The highest BCUT2D eigenvalue weighted by Crippen LogP contribution is 2.37. The van der Waals surface area contributed by atoms with Crippen molar-refractivity contribution in [2.45, 2.75) is 44.7 Å². The van der Waals surface area contributed by atoms with Gasteiger partial charge < -0.3 is 10.2 Å². The summed E-state index contributed by atoms with van der Waals surface area (Å²) in [6.45, 7) is 3.41. The Bertz CT molecular complexity index is 410. The first-order valence-corrected chi connectivity index (χ1v) is 7.18. The number of hydrogen-bond acceptors (Lipinski definition) is 3. The number of rotatable bonds is 6. The molecule has 3 rings (SSSR count). The summed E-state index contributed by atoms with van der Waals surface area (Å²) in [5.41, 5.74) is 1.34. The van der Waals surface area contributed by atoms with Crippen LogP contribution in [-0.2, 0) is 0 Å². The molecule has 0 aliphatic heterocycles. The normalized spacial score (nSPS) is 20.8. The number of nitrogens with zero attached hydrogens (tertiary/aromatic N) is 2. The Morgan fingerprint density at radius 2 is 2.17 bits per heavy atom. The molecule has 1 unspecified atom stereocenters. The van der Waals surface area contributed by atoms with Gasteiger partial charge in [0.2, 0.25) is 0 Å². The Morgan fingerprint density at radius 3 is 2.78 bits per heavy atom. The number of aromatic nitrogens is 1. The average molecular weight is 245 g/mol. The van der Waals surface area contributed by atoms with Crippen molar-refractivity contribution < 1.29 is 0 Å². The van der Waals surface area contributed by atoms with Gasteiger partial charge in [0.15, 0.2) is 0 Å². The molecule has 0 saturated heterocycles. The Hall–Kier alpha value is -1.09. The molecule has 0 spiro atoms. The van der Waals surface area contributed by atoms with Crippen LogP contribution in [0.4, 0.5) is 5.82 Å². The van der Waals surface area contributed by atoms with E-state index in [2.05, 4.69) is 34.3 Å². The maximum absolute atomic E-state index is 4.60. The summed E-state index contributed by atoms with van der Waals surface area (Å²) in [6, 6.07) is 5.54. The van der Waals surface area contributed by atoms with Gasteiger partial charge in [-0.2, -0.15) is 0 Å². The smallest absolute Gasteiger partial charge is 0.129 e. The largest absolute Gasteiger partial charge is 0.353 e. The topological polar surface area (TPSA) is 28.2 Å². The molecule has 0 aromatic carbocycles.